The first-order valence-electron chi connectivity index (χ1n) is 10.4. The Labute approximate surface area is 187 Å². The van der Waals surface area contributed by atoms with Gasteiger partial charge in [-0.1, -0.05) is 13.0 Å². The quantitative estimate of drug-likeness (QED) is 0.471. The normalized spacial score (nSPS) is 14.6. The van der Waals surface area contributed by atoms with Crippen molar-refractivity contribution in [1.29, 1.82) is 0 Å². The number of rotatable bonds is 6. The van der Waals surface area contributed by atoms with Crippen molar-refractivity contribution in [3.05, 3.63) is 58.1 Å². The highest BCUT2D eigenvalue weighted by atomic mass is 19.4. The number of nitro benzene ring substituents is 1. The maximum atomic E-state index is 12.9. The third-order valence-corrected chi connectivity index (χ3v) is 5.44. The smallest absolute Gasteiger partial charge is 0.366 e. The average Bonchev–Trinajstić information content (AvgIpc) is 2.78. The van der Waals surface area contributed by atoms with Crippen LogP contribution in [-0.2, 0) is 15.8 Å². The largest absolute Gasteiger partial charge is 0.416 e. The molecule has 1 fully saturated rings. The molecule has 0 aromatic heterocycles. The lowest BCUT2D eigenvalue weighted by Gasteiger charge is -2.32. The van der Waals surface area contributed by atoms with Crippen molar-refractivity contribution in [2.75, 3.05) is 28.6 Å². The van der Waals surface area contributed by atoms with Gasteiger partial charge in [0.2, 0.25) is 11.8 Å². The number of benzene rings is 2. The lowest BCUT2D eigenvalue weighted by molar-refractivity contribution is -0.384. The van der Waals surface area contributed by atoms with Crippen LogP contribution in [-0.4, -0.2) is 29.8 Å². The highest BCUT2D eigenvalue weighted by Crippen LogP contribution is 2.37. The maximum absolute atomic E-state index is 12.9. The summed E-state index contributed by atoms with van der Waals surface area (Å²) in [6.07, 6.45) is -3.58. The molecule has 33 heavy (non-hydrogen) atoms. The van der Waals surface area contributed by atoms with E-state index in [1.807, 2.05) is 0 Å². The Morgan fingerprint density at radius 1 is 1.09 bits per heavy atom. The summed E-state index contributed by atoms with van der Waals surface area (Å²) in [4.78, 5) is 36.4. The molecular weight excluding hydrogens is 441 g/mol. The molecule has 0 spiro atoms. The van der Waals surface area contributed by atoms with Crippen LogP contribution in [0.5, 0.6) is 0 Å². The van der Waals surface area contributed by atoms with E-state index < -0.39 is 22.4 Å². The molecule has 0 saturated carbocycles. The van der Waals surface area contributed by atoms with E-state index in [4.69, 9.17) is 0 Å². The third kappa shape index (κ3) is 5.99. The second kappa shape index (κ2) is 9.88. The SMILES string of the molecule is CCC(=O)Nc1cccc(NC(=O)C2CCN(c3ccc(C(F)(F)F)cc3[N+](=O)[O-])CC2)c1. The lowest BCUT2D eigenvalue weighted by Crippen LogP contribution is -2.38. The molecule has 2 aromatic rings. The molecule has 2 amide bonds. The van der Waals surface area contributed by atoms with E-state index in [9.17, 15) is 32.9 Å². The average molecular weight is 464 g/mol. The van der Waals surface area contributed by atoms with Gasteiger partial charge in [-0.05, 0) is 43.2 Å². The van der Waals surface area contributed by atoms with Gasteiger partial charge in [-0.3, -0.25) is 19.7 Å². The number of hydrogen-bond acceptors (Lipinski definition) is 5. The first-order valence-corrected chi connectivity index (χ1v) is 10.4. The van der Waals surface area contributed by atoms with Gasteiger partial charge in [-0.2, -0.15) is 13.2 Å². The Morgan fingerprint density at radius 3 is 2.30 bits per heavy atom. The van der Waals surface area contributed by atoms with Crippen molar-refractivity contribution in [1.82, 2.24) is 0 Å². The number of nitrogens with one attached hydrogen (secondary N) is 2. The zero-order valence-electron chi connectivity index (χ0n) is 17.8. The van der Waals surface area contributed by atoms with Crippen molar-refractivity contribution in [3.63, 3.8) is 0 Å². The summed E-state index contributed by atoms with van der Waals surface area (Å²) >= 11 is 0. The number of alkyl halides is 3. The molecule has 176 valence electrons. The zero-order chi connectivity index (χ0) is 24.2. The van der Waals surface area contributed by atoms with E-state index in [1.54, 1.807) is 36.1 Å². The Morgan fingerprint density at radius 2 is 1.73 bits per heavy atom. The van der Waals surface area contributed by atoms with Crippen LogP contribution in [0.1, 0.15) is 31.7 Å². The number of hydrogen-bond donors (Lipinski definition) is 2. The highest BCUT2D eigenvalue weighted by molar-refractivity contribution is 5.95. The van der Waals surface area contributed by atoms with Crippen molar-refractivity contribution in [2.45, 2.75) is 32.4 Å². The van der Waals surface area contributed by atoms with Crippen LogP contribution in [0.2, 0.25) is 0 Å². The van der Waals surface area contributed by atoms with Gasteiger partial charge >= 0.3 is 6.18 Å². The fraction of sp³-hybridized carbons (Fsp3) is 0.364. The number of carbonyl (C=O) groups is 2. The summed E-state index contributed by atoms with van der Waals surface area (Å²) in [6.45, 7) is 2.31. The second-order valence-electron chi connectivity index (χ2n) is 7.69. The molecule has 2 aromatic carbocycles. The number of amides is 2. The highest BCUT2D eigenvalue weighted by Gasteiger charge is 2.35. The fourth-order valence-corrected chi connectivity index (χ4v) is 3.66. The minimum atomic E-state index is -4.68. The second-order valence-corrected chi connectivity index (χ2v) is 7.69. The molecule has 1 saturated heterocycles. The monoisotopic (exact) mass is 464 g/mol. The van der Waals surface area contributed by atoms with E-state index in [0.29, 0.717) is 36.7 Å². The Bertz CT molecular complexity index is 1050. The summed E-state index contributed by atoms with van der Waals surface area (Å²) in [6, 6.07) is 9.22. The minimum absolute atomic E-state index is 0.103. The first kappa shape index (κ1) is 24.0. The molecule has 0 radical (unpaired) electrons. The van der Waals surface area contributed by atoms with Crippen LogP contribution >= 0.6 is 0 Å². The van der Waals surface area contributed by atoms with E-state index in [0.717, 1.165) is 12.1 Å². The molecule has 1 aliphatic heterocycles. The predicted molar refractivity (Wildman–Crippen MR) is 117 cm³/mol. The summed E-state index contributed by atoms with van der Waals surface area (Å²) in [5.41, 5.74) is -0.506. The number of halogens is 3. The molecule has 1 heterocycles. The minimum Gasteiger partial charge on any atom is -0.366 e. The Balaban J connectivity index is 1.64. The van der Waals surface area contributed by atoms with Crippen molar-refractivity contribution in [3.8, 4) is 0 Å². The van der Waals surface area contributed by atoms with Gasteiger partial charge < -0.3 is 15.5 Å². The standard InChI is InChI=1S/C22H23F3N4O4/c1-2-20(30)26-16-4-3-5-17(13-16)27-21(31)14-8-10-28(11-9-14)18-7-6-15(22(23,24)25)12-19(18)29(32)33/h3-7,12-14H,2,8-11H2,1H3,(H,26,30)(H,27,31). The molecule has 0 atom stereocenters. The van der Waals surface area contributed by atoms with Crippen molar-refractivity contribution >= 4 is 34.6 Å². The Kier molecular flexibility index (Phi) is 7.19. The molecule has 8 nitrogen and oxygen atoms in total. The molecular formula is C22H23F3N4O4. The Hall–Kier alpha value is -3.63. The number of anilines is 3. The molecule has 0 bridgehead atoms. The van der Waals surface area contributed by atoms with Crippen molar-refractivity contribution < 1.29 is 27.7 Å². The number of nitrogens with zero attached hydrogens (tertiary/aromatic N) is 2. The summed E-state index contributed by atoms with van der Waals surface area (Å²) in [5, 5.41) is 16.9. The first-order chi connectivity index (χ1) is 15.6. The fourth-order valence-electron chi connectivity index (χ4n) is 3.66. The van der Waals surface area contributed by atoms with Crippen LogP contribution in [0.4, 0.5) is 35.9 Å². The summed E-state index contributed by atoms with van der Waals surface area (Å²) in [5.74, 6) is -0.734. The van der Waals surface area contributed by atoms with Crippen LogP contribution in [0.15, 0.2) is 42.5 Å². The van der Waals surface area contributed by atoms with Gasteiger partial charge in [0.1, 0.15) is 5.69 Å². The van der Waals surface area contributed by atoms with Gasteiger partial charge in [-0.15, -0.1) is 0 Å². The zero-order valence-corrected chi connectivity index (χ0v) is 17.8. The number of nitro groups is 1. The van der Waals surface area contributed by atoms with Gasteiger partial charge in [0.05, 0.1) is 10.5 Å². The van der Waals surface area contributed by atoms with Gasteiger partial charge in [-0.25, -0.2) is 0 Å². The summed E-state index contributed by atoms with van der Waals surface area (Å²) in [7, 11) is 0. The van der Waals surface area contributed by atoms with Crippen LogP contribution in [0.3, 0.4) is 0 Å². The number of carbonyl (C=O) groups excluding carboxylic acids is 2. The molecule has 2 N–H and O–H groups in total. The van der Waals surface area contributed by atoms with Crippen LogP contribution in [0, 0.1) is 16.0 Å². The van der Waals surface area contributed by atoms with E-state index >= 15 is 0 Å². The third-order valence-electron chi connectivity index (χ3n) is 5.44. The molecule has 0 aliphatic carbocycles. The van der Waals surface area contributed by atoms with Crippen LogP contribution in [0.25, 0.3) is 0 Å². The topological polar surface area (TPSA) is 105 Å². The maximum Gasteiger partial charge on any atom is 0.416 e. The number of piperidine rings is 1. The van der Waals surface area contributed by atoms with Crippen LogP contribution < -0.4 is 15.5 Å². The summed E-state index contributed by atoms with van der Waals surface area (Å²) < 4.78 is 38.8. The molecule has 3 rings (SSSR count). The molecule has 0 unspecified atom stereocenters. The van der Waals surface area contributed by atoms with Gasteiger partial charge in [0.15, 0.2) is 0 Å². The van der Waals surface area contributed by atoms with Crippen molar-refractivity contribution in [2.24, 2.45) is 5.92 Å². The molecule has 11 heteroatoms. The molecule has 1 aliphatic rings. The lowest BCUT2D eigenvalue weighted by atomic mass is 9.95. The van der Waals surface area contributed by atoms with E-state index in [1.165, 1.54) is 0 Å². The predicted octanol–water partition coefficient (Wildman–Crippen LogP) is 4.82. The van der Waals surface area contributed by atoms with E-state index in [-0.39, 0.29) is 36.5 Å². The van der Waals surface area contributed by atoms with Gasteiger partial charge in [0, 0.05) is 42.9 Å². The van der Waals surface area contributed by atoms with Gasteiger partial charge in [0.25, 0.3) is 5.69 Å². The van der Waals surface area contributed by atoms with E-state index in [2.05, 4.69) is 10.6 Å².